The summed E-state index contributed by atoms with van der Waals surface area (Å²) in [4.78, 5) is 28.2. The topological polar surface area (TPSA) is 73.7 Å². The minimum Gasteiger partial charge on any atom is -0.426 e. The second-order valence-corrected chi connectivity index (χ2v) is 8.40. The molecule has 0 bridgehead atoms. The molecule has 0 fully saturated rings. The predicted octanol–water partition coefficient (Wildman–Crippen LogP) is 3.59. The van der Waals surface area contributed by atoms with Crippen molar-refractivity contribution < 1.29 is 32.3 Å². The Morgan fingerprint density at radius 3 is 2.65 bits per heavy atom. The number of carbonyl (C=O) groups excluding carboxylic acids is 2. The highest BCUT2D eigenvalue weighted by Crippen LogP contribution is 2.51. The molecule has 31 heavy (non-hydrogen) atoms. The molecule has 0 saturated carbocycles. The molecule has 4 rings (SSSR count). The maximum absolute atomic E-state index is 15.3. The highest BCUT2D eigenvalue weighted by molar-refractivity contribution is 5.76. The van der Waals surface area contributed by atoms with Gasteiger partial charge in [0.2, 0.25) is 0 Å². The van der Waals surface area contributed by atoms with Crippen molar-refractivity contribution in [1.29, 1.82) is 0 Å². The number of nitrogens with zero attached hydrogens (tertiary/aromatic N) is 3. The SMILES string of the molecule is CC(C)(C)C(=O)ON1CC=C(c2cnn3c2C(F)(F)c2cc(F)cc(OC=O)c2-3)CC1. The lowest BCUT2D eigenvalue weighted by molar-refractivity contribution is -0.198. The van der Waals surface area contributed by atoms with E-state index in [0.29, 0.717) is 24.6 Å². The molecule has 0 unspecified atom stereocenters. The number of halogens is 3. The fourth-order valence-electron chi connectivity index (χ4n) is 3.59. The van der Waals surface area contributed by atoms with E-state index < -0.39 is 28.4 Å². The first-order valence-electron chi connectivity index (χ1n) is 9.62. The zero-order valence-corrected chi connectivity index (χ0v) is 17.1. The van der Waals surface area contributed by atoms with E-state index in [1.165, 1.54) is 11.3 Å². The fourth-order valence-corrected chi connectivity index (χ4v) is 3.59. The van der Waals surface area contributed by atoms with Crippen LogP contribution in [0.5, 0.6) is 5.75 Å². The second-order valence-electron chi connectivity index (χ2n) is 8.40. The molecule has 3 heterocycles. The van der Waals surface area contributed by atoms with Crippen LogP contribution in [0.4, 0.5) is 13.2 Å². The van der Waals surface area contributed by atoms with Crippen molar-refractivity contribution >= 4 is 18.0 Å². The first-order valence-corrected chi connectivity index (χ1v) is 9.62. The van der Waals surface area contributed by atoms with Crippen LogP contribution in [0.3, 0.4) is 0 Å². The summed E-state index contributed by atoms with van der Waals surface area (Å²) < 4.78 is 50.2. The van der Waals surface area contributed by atoms with Crippen molar-refractivity contribution in [3.63, 3.8) is 0 Å². The van der Waals surface area contributed by atoms with E-state index in [1.807, 2.05) is 0 Å². The summed E-state index contributed by atoms with van der Waals surface area (Å²) in [6.45, 7) is 5.82. The van der Waals surface area contributed by atoms with Gasteiger partial charge in [-0.1, -0.05) is 6.08 Å². The van der Waals surface area contributed by atoms with Crippen molar-refractivity contribution in [3.8, 4) is 11.4 Å². The highest BCUT2D eigenvalue weighted by atomic mass is 19.3. The van der Waals surface area contributed by atoms with Gasteiger partial charge in [0.25, 0.3) is 6.47 Å². The van der Waals surface area contributed by atoms with Gasteiger partial charge in [0.1, 0.15) is 17.2 Å². The van der Waals surface area contributed by atoms with Crippen LogP contribution in [0.2, 0.25) is 0 Å². The zero-order valence-electron chi connectivity index (χ0n) is 17.1. The number of hydrogen-bond acceptors (Lipinski definition) is 6. The van der Waals surface area contributed by atoms with E-state index in [4.69, 9.17) is 9.57 Å². The molecular formula is C21H20F3N3O4. The minimum absolute atomic E-state index is 0.0483. The van der Waals surface area contributed by atoms with Crippen molar-refractivity contribution in [2.45, 2.75) is 33.1 Å². The maximum atomic E-state index is 15.3. The summed E-state index contributed by atoms with van der Waals surface area (Å²) in [7, 11) is 0. The molecule has 0 radical (unpaired) electrons. The van der Waals surface area contributed by atoms with E-state index in [9.17, 15) is 14.0 Å². The molecule has 0 aliphatic carbocycles. The predicted molar refractivity (Wildman–Crippen MR) is 103 cm³/mol. The first kappa shape index (κ1) is 21.1. The number of hydroxylamine groups is 2. The lowest BCUT2D eigenvalue weighted by atomic mass is 9.96. The summed E-state index contributed by atoms with van der Waals surface area (Å²) in [5.41, 5.74) is -1.06. The Balaban J connectivity index is 1.67. The zero-order chi connectivity index (χ0) is 22.6. The molecule has 7 nitrogen and oxygen atoms in total. The number of aromatic nitrogens is 2. The normalized spacial score (nSPS) is 17.5. The standard InChI is InChI=1S/C21H20F3N3O4/c1-20(2,3)19(29)31-26-6-4-12(5-7-26)14-10-25-27-17-15(21(23,24)18(14)27)8-13(22)9-16(17)30-11-28/h4,8-11H,5-7H2,1-3H3. The molecule has 1 aromatic heterocycles. The van der Waals surface area contributed by atoms with E-state index in [1.54, 1.807) is 26.8 Å². The Morgan fingerprint density at radius 2 is 2.03 bits per heavy atom. The number of hydrogen-bond donors (Lipinski definition) is 0. The lowest BCUT2D eigenvalue weighted by Crippen LogP contribution is -2.36. The van der Waals surface area contributed by atoms with Crippen LogP contribution in [0.1, 0.15) is 44.0 Å². The third-order valence-corrected chi connectivity index (χ3v) is 5.17. The van der Waals surface area contributed by atoms with Gasteiger partial charge in [-0.3, -0.25) is 4.79 Å². The average Bonchev–Trinajstić information content (AvgIpc) is 3.21. The van der Waals surface area contributed by atoms with Gasteiger partial charge in [0.15, 0.2) is 5.75 Å². The average molecular weight is 435 g/mol. The molecule has 0 saturated heterocycles. The molecule has 2 aliphatic heterocycles. The Hall–Kier alpha value is -3.14. The number of fused-ring (bicyclic) bond motifs is 3. The van der Waals surface area contributed by atoms with Crippen LogP contribution < -0.4 is 4.74 Å². The van der Waals surface area contributed by atoms with E-state index in [-0.39, 0.29) is 36.0 Å². The molecule has 0 atom stereocenters. The van der Waals surface area contributed by atoms with E-state index >= 15 is 8.78 Å². The molecular weight excluding hydrogens is 415 g/mol. The van der Waals surface area contributed by atoms with Gasteiger partial charge in [0.05, 0.1) is 23.7 Å². The van der Waals surface area contributed by atoms with Crippen LogP contribution in [-0.2, 0) is 20.3 Å². The fraction of sp³-hybridized carbons (Fsp3) is 0.381. The van der Waals surface area contributed by atoms with Crippen molar-refractivity contribution in [3.05, 3.63) is 47.0 Å². The molecule has 0 N–H and O–H groups in total. The number of rotatable bonds is 4. The van der Waals surface area contributed by atoms with Gasteiger partial charge in [-0.25, -0.2) is 13.9 Å². The monoisotopic (exact) mass is 435 g/mol. The molecule has 2 aromatic rings. The second kappa shape index (κ2) is 7.23. The molecule has 10 heteroatoms. The van der Waals surface area contributed by atoms with Gasteiger partial charge < -0.3 is 9.57 Å². The van der Waals surface area contributed by atoms with Crippen LogP contribution in [-0.4, -0.2) is 40.4 Å². The summed E-state index contributed by atoms with van der Waals surface area (Å²) >= 11 is 0. The third-order valence-electron chi connectivity index (χ3n) is 5.17. The quantitative estimate of drug-likeness (QED) is 0.684. The third kappa shape index (κ3) is 3.50. The van der Waals surface area contributed by atoms with Gasteiger partial charge in [-0.15, -0.1) is 5.06 Å². The van der Waals surface area contributed by atoms with Crippen molar-refractivity contribution in [2.75, 3.05) is 13.1 Å². The number of benzene rings is 1. The van der Waals surface area contributed by atoms with E-state index in [0.717, 1.165) is 10.7 Å². The Morgan fingerprint density at radius 1 is 1.29 bits per heavy atom. The van der Waals surface area contributed by atoms with Gasteiger partial charge in [0, 0.05) is 18.2 Å². The smallest absolute Gasteiger partial charge is 0.330 e. The van der Waals surface area contributed by atoms with Crippen LogP contribution >= 0.6 is 0 Å². The summed E-state index contributed by atoms with van der Waals surface area (Å²) in [5.74, 6) is -5.21. The minimum atomic E-state index is -3.54. The van der Waals surface area contributed by atoms with Crippen molar-refractivity contribution in [2.24, 2.45) is 5.41 Å². The molecule has 0 amide bonds. The Kier molecular flexibility index (Phi) is 4.92. The number of carbonyl (C=O) groups is 2. The Bertz CT molecular complexity index is 1100. The molecule has 0 spiro atoms. The first-order chi connectivity index (χ1) is 14.5. The summed E-state index contributed by atoms with van der Waals surface area (Å²) in [5, 5.41) is 5.53. The molecule has 164 valence electrons. The van der Waals surface area contributed by atoms with Crippen LogP contribution in [0.15, 0.2) is 24.4 Å². The van der Waals surface area contributed by atoms with Gasteiger partial charge in [-0.2, -0.15) is 13.9 Å². The largest absolute Gasteiger partial charge is 0.426 e. The summed E-state index contributed by atoms with van der Waals surface area (Å²) in [6, 6.07) is 1.58. The van der Waals surface area contributed by atoms with Gasteiger partial charge in [-0.05, 0) is 38.8 Å². The highest BCUT2D eigenvalue weighted by Gasteiger charge is 2.50. The van der Waals surface area contributed by atoms with E-state index in [2.05, 4.69) is 5.10 Å². The number of alkyl halides is 2. The lowest BCUT2D eigenvalue weighted by Gasteiger charge is -2.28. The van der Waals surface area contributed by atoms with Crippen LogP contribution in [0, 0.1) is 11.2 Å². The molecule has 1 aromatic carbocycles. The number of ether oxygens (including phenoxy) is 1. The Labute approximate surface area is 176 Å². The van der Waals surface area contributed by atoms with Gasteiger partial charge >= 0.3 is 11.9 Å². The maximum Gasteiger partial charge on any atom is 0.330 e. The van der Waals surface area contributed by atoms with Crippen molar-refractivity contribution in [1.82, 2.24) is 14.8 Å². The van der Waals surface area contributed by atoms with Crippen LogP contribution in [0.25, 0.3) is 11.3 Å². The molecule has 2 aliphatic rings. The summed E-state index contributed by atoms with van der Waals surface area (Å²) in [6.07, 6.45) is 3.34.